The molecule has 3 aliphatic heterocycles. The van der Waals surface area contributed by atoms with E-state index in [-0.39, 0.29) is 47.2 Å². The highest BCUT2D eigenvalue weighted by atomic mass is 32.1. The molecule has 45 heavy (non-hydrogen) atoms. The molecule has 12 heteroatoms. The van der Waals surface area contributed by atoms with Crippen molar-refractivity contribution in [1.29, 1.82) is 0 Å². The van der Waals surface area contributed by atoms with E-state index < -0.39 is 17.9 Å². The highest BCUT2D eigenvalue weighted by molar-refractivity contribution is 7.14. The minimum Gasteiger partial charge on any atom is -0.369 e. The number of hydrogen-bond donors (Lipinski definition) is 1. The molecule has 1 N–H and O–H groups in total. The van der Waals surface area contributed by atoms with E-state index in [2.05, 4.69) is 33.2 Å². The third kappa shape index (κ3) is 6.95. The maximum atomic E-state index is 15.0. The first-order valence-corrected chi connectivity index (χ1v) is 16.5. The number of aromatic nitrogens is 1. The zero-order valence-corrected chi connectivity index (χ0v) is 28.2. The zero-order valence-electron chi connectivity index (χ0n) is 27.3. The average molecular weight is 644 g/mol. The Kier molecular flexibility index (Phi) is 10.3. The predicted octanol–water partition coefficient (Wildman–Crippen LogP) is 4.03. The molecule has 10 nitrogen and oxygen atoms in total. The maximum Gasteiger partial charge on any atom is 0.251 e. The number of allylic oxidation sites excluding steroid dienone is 1. The largest absolute Gasteiger partial charge is 0.369 e. The summed E-state index contributed by atoms with van der Waals surface area (Å²) in [7, 11) is 5.20. The van der Waals surface area contributed by atoms with Gasteiger partial charge in [-0.1, -0.05) is 49.0 Å². The van der Waals surface area contributed by atoms with Gasteiger partial charge in [0.1, 0.15) is 24.4 Å². The van der Waals surface area contributed by atoms with E-state index in [4.69, 9.17) is 14.2 Å². The minimum absolute atomic E-state index is 0.0260. The molecule has 3 fully saturated rings. The van der Waals surface area contributed by atoms with Crippen LogP contribution in [0.2, 0.25) is 0 Å². The first-order valence-electron chi connectivity index (χ1n) is 15.6. The number of piperazine rings is 1. The summed E-state index contributed by atoms with van der Waals surface area (Å²) in [6, 6.07) is 5.48. The van der Waals surface area contributed by atoms with Gasteiger partial charge in [0.05, 0.1) is 6.10 Å². The van der Waals surface area contributed by atoms with Gasteiger partial charge in [-0.3, -0.25) is 9.59 Å². The number of thiazole rings is 1. The molecular formula is C33H46FN5O5S. The van der Waals surface area contributed by atoms with E-state index in [1.165, 1.54) is 0 Å². The number of ether oxygens (including phenoxy) is 3. The van der Waals surface area contributed by atoms with Crippen molar-refractivity contribution in [3.8, 4) is 11.3 Å². The summed E-state index contributed by atoms with van der Waals surface area (Å²) in [6.07, 6.45) is 2.30. The lowest BCUT2D eigenvalue weighted by atomic mass is 9.97. The molecular weight excluding hydrogens is 597 g/mol. The number of methoxy groups -OCH3 is 2. The second kappa shape index (κ2) is 13.8. The van der Waals surface area contributed by atoms with E-state index in [0.717, 1.165) is 43.1 Å². The van der Waals surface area contributed by atoms with Crippen LogP contribution in [0.15, 0.2) is 35.9 Å². The number of halogens is 1. The van der Waals surface area contributed by atoms with Gasteiger partial charge in [0.15, 0.2) is 5.13 Å². The van der Waals surface area contributed by atoms with Crippen molar-refractivity contribution >= 4 is 28.3 Å². The average Bonchev–Trinajstić information content (AvgIpc) is 3.70. The number of nitrogens with zero attached hydrogens (tertiary/aromatic N) is 4. The summed E-state index contributed by atoms with van der Waals surface area (Å²) in [5.41, 5.74) is 2.39. The van der Waals surface area contributed by atoms with Crippen LogP contribution in [0.1, 0.15) is 44.5 Å². The summed E-state index contributed by atoms with van der Waals surface area (Å²) in [5.74, 6) is -1.55. The molecule has 0 saturated carbocycles. The molecule has 4 atom stereocenters. The molecule has 246 valence electrons. The first-order chi connectivity index (χ1) is 21.5. The minimum atomic E-state index is -1.10. The molecule has 5 rings (SSSR count). The van der Waals surface area contributed by atoms with Crippen molar-refractivity contribution in [3.05, 3.63) is 46.6 Å². The van der Waals surface area contributed by atoms with Gasteiger partial charge in [-0.15, -0.1) is 0 Å². The summed E-state index contributed by atoms with van der Waals surface area (Å²) in [6.45, 7) is 12.1. The highest BCUT2D eigenvalue weighted by Crippen LogP contribution is 2.42. The van der Waals surface area contributed by atoms with Gasteiger partial charge in [0.25, 0.3) is 5.91 Å². The zero-order chi connectivity index (χ0) is 32.5. The normalized spacial score (nSPS) is 23.7. The third-order valence-electron chi connectivity index (χ3n) is 9.00. The monoisotopic (exact) mass is 643 g/mol. The molecule has 0 aliphatic carbocycles. The number of anilines is 1. The SMILES string of the molecule is COC1(OC)COC2C1N(C(=O)C(CC(C)C)NC(=O)c1ccc(-c3nc(N4CCN(C)CC4)sc3F)cc1)C[C@H]2C=C(C)C. The first kappa shape index (κ1) is 33.5. The smallest absolute Gasteiger partial charge is 0.251 e. The van der Waals surface area contributed by atoms with Crippen LogP contribution >= 0.6 is 11.3 Å². The van der Waals surface area contributed by atoms with Crippen LogP contribution in [0.3, 0.4) is 0 Å². The van der Waals surface area contributed by atoms with Crippen LogP contribution in [0.5, 0.6) is 0 Å². The Morgan fingerprint density at radius 1 is 1.16 bits per heavy atom. The lowest BCUT2D eigenvalue weighted by molar-refractivity contribution is -0.227. The van der Waals surface area contributed by atoms with E-state index >= 15 is 0 Å². The Morgan fingerprint density at radius 2 is 1.82 bits per heavy atom. The van der Waals surface area contributed by atoms with E-state index in [0.29, 0.717) is 29.2 Å². The fraction of sp³-hybridized carbons (Fsp3) is 0.606. The second-order valence-electron chi connectivity index (χ2n) is 13.0. The van der Waals surface area contributed by atoms with E-state index in [1.807, 2.05) is 27.7 Å². The Labute approximate surface area is 269 Å². The van der Waals surface area contributed by atoms with Gasteiger partial charge >= 0.3 is 0 Å². The topological polar surface area (TPSA) is 96.5 Å². The van der Waals surface area contributed by atoms with Crippen LogP contribution in [-0.2, 0) is 19.0 Å². The standard InChI is InChI=1S/C33H46FN5O5S/c1-20(2)16-24-18-39(28-27(24)44-19-33(28,42-6)43-7)31(41)25(17-21(3)4)35-30(40)23-10-8-22(9-11-23)26-29(34)45-32(36-26)38-14-12-37(5)13-15-38/h8-11,16,21,24-25,27-28H,12-15,17-19H2,1-7H3,(H,35,40)/t24-,25?,27?,28?/m1/s1. The second-order valence-corrected chi connectivity index (χ2v) is 13.9. The number of carbonyl (C=O) groups is 2. The lowest BCUT2D eigenvalue weighted by Gasteiger charge is -2.37. The van der Waals surface area contributed by atoms with Gasteiger partial charge in [-0.25, -0.2) is 4.98 Å². The van der Waals surface area contributed by atoms with Crippen molar-refractivity contribution in [2.75, 3.05) is 65.5 Å². The molecule has 0 radical (unpaired) electrons. The Bertz CT molecular complexity index is 1380. The molecule has 3 aliphatic rings. The molecule has 2 amide bonds. The molecule has 1 aromatic heterocycles. The fourth-order valence-electron chi connectivity index (χ4n) is 6.62. The van der Waals surface area contributed by atoms with Gasteiger partial charge in [0, 0.05) is 64.0 Å². The summed E-state index contributed by atoms with van der Waals surface area (Å²) < 4.78 is 32.8. The van der Waals surface area contributed by atoms with Crippen LogP contribution in [0.25, 0.3) is 11.3 Å². The van der Waals surface area contributed by atoms with Crippen molar-refractivity contribution in [2.45, 2.75) is 58.1 Å². The van der Waals surface area contributed by atoms with Crippen LogP contribution in [0.4, 0.5) is 9.52 Å². The Morgan fingerprint density at radius 3 is 2.42 bits per heavy atom. The molecule has 2 aromatic rings. The molecule has 4 heterocycles. The quantitative estimate of drug-likeness (QED) is 0.307. The maximum absolute atomic E-state index is 15.0. The van der Waals surface area contributed by atoms with Gasteiger partial charge in [-0.2, -0.15) is 4.39 Å². The van der Waals surface area contributed by atoms with Crippen molar-refractivity contribution in [2.24, 2.45) is 11.8 Å². The molecule has 3 unspecified atom stereocenters. The highest BCUT2D eigenvalue weighted by Gasteiger charge is 2.61. The van der Waals surface area contributed by atoms with Crippen LogP contribution < -0.4 is 10.2 Å². The molecule has 3 saturated heterocycles. The van der Waals surface area contributed by atoms with Gasteiger partial charge in [-0.05, 0) is 45.4 Å². The Balaban J connectivity index is 1.33. The Hall–Kier alpha value is -2.90. The number of benzene rings is 1. The summed E-state index contributed by atoms with van der Waals surface area (Å²) in [5, 5.41) is 3.31. The predicted molar refractivity (Wildman–Crippen MR) is 173 cm³/mol. The summed E-state index contributed by atoms with van der Waals surface area (Å²) >= 11 is 1.05. The third-order valence-corrected chi connectivity index (χ3v) is 9.91. The van der Waals surface area contributed by atoms with Gasteiger partial charge in [0.2, 0.25) is 16.8 Å². The number of likely N-dealkylation sites (N-methyl/N-ethyl adjacent to an activating group) is 1. The number of fused-ring (bicyclic) bond motifs is 1. The van der Waals surface area contributed by atoms with Crippen LogP contribution in [0, 0.1) is 17.0 Å². The number of rotatable bonds is 10. The fourth-order valence-corrected chi connectivity index (χ4v) is 7.49. The summed E-state index contributed by atoms with van der Waals surface area (Å²) in [4.78, 5) is 38.5. The number of carbonyl (C=O) groups excluding carboxylic acids is 2. The van der Waals surface area contributed by atoms with Crippen LogP contribution in [-0.4, -0.2) is 111 Å². The lowest BCUT2D eigenvalue weighted by Crippen LogP contribution is -2.58. The van der Waals surface area contributed by atoms with Crippen molar-refractivity contribution < 1.29 is 28.2 Å². The van der Waals surface area contributed by atoms with Crippen molar-refractivity contribution in [3.63, 3.8) is 0 Å². The number of likely N-dealkylation sites (tertiary alicyclic amines) is 1. The molecule has 1 aromatic carbocycles. The van der Waals surface area contributed by atoms with Gasteiger partial charge < -0.3 is 34.2 Å². The van der Waals surface area contributed by atoms with Crippen molar-refractivity contribution in [1.82, 2.24) is 20.1 Å². The number of hydrogen-bond acceptors (Lipinski definition) is 9. The van der Waals surface area contributed by atoms with E-state index in [9.17, 15) is 14.0 Å². The number of nitrogens with one attached hydrogen (secondary N) is 1. The molecule has 0 spiro atoms. The number of amides is 2. The molecule has 0 bridgehead atoms. The van der Waals surface area contributed by atoms with E-state index in [1.54, 1.807) is 43.4 Å².